The van der Waals surface area contributed by atoms with E-state index in [-0.39, 0.29) is 22.0 Å². The highest BCUT2D eigenvalue weighted by Crippen LogP contribution is 2.26. The highest BCUT2D eigenvalue weighted by molar-refractivity contribution is 6.30. The lowest BCUT2D eigenvalue weighted by molar-refractivity contribution is 0.602. The van der Waals surface area contributed by atoms with Crippen LogP contribution in [0.5, 0.6) is 0 Å². The van der Waals surface area contributed by atoms with Crippen molar-refractivity contribution in [3.8, 4) is 11.4 Å². The Hall–Kier alpha value is -1.75. The number of halogens is 3. The summed E-state index contributed by atoms with van der Waals surface area (Å²) >= 11 is 5.49. The molecule has 0 aliphatic heterocycles. The molecule has 1 aliphatic carbocycles. The fourth-order valence-corrected chi connectivity index (χ4v) is 2.42. The molecule has 0 bridgehead atoms. The van der Waals surface area contributed by atoms with Gasteiger partial charge in [0, 0.05) is 5.56 Å². The third-order valence-corrected chi connectivity index (χ3v) is 3.50. The van der Waals surface area contributed by atoms with Gasteiger partial charge in [-0.15, -0.1) is 0 Å². The van der Waals surface area contributed by atoms with Gasteiger partial charge in [0.1, 0.15) is 17.5 Å². The molecule has 0 amide bonds. The van der Waals surface area contributed by atoms with Gasteiger partial charge in [-0.1, -0.05) is 11.6 Å². The van der Waals surface area contributed by atoms with Crippen LogP contribution in [0.3, 0.4) is 0 Å². The molecule has 0 unspecified atom stereocenters. The van der Waals surface area contributed by atoms with E-state index in [1.807, 2.05) is 0 Å². The summed E-state index contributed by atoms with van der Waals surface area (Å²) in [5.41, 5.74) is 0.924. The summed E-state index contributed by atoms with van der Waals surface area (Å²) < 4.78 is 27.2. The molecule has 2 aromatic rings. The molecule has 3 rings (SSSR count). The van der Waals surface area contributed by atoms with E-state index < -0.39 is 11.6 Å². The molecular weight excluding hydrogens is 274 g/mol. The summed E-state index contributed by atoms with van der Waals surface area (Å²) in [5.74, 6) is -1.42. The van der Waals surface area contributed by atoms with E-state index in [4.69, 9.17) is 11.6 Å². The first kappa shape index (κ1) is 12.3. The van der Waals surface area contributed by atoms with Crippen LogP contribution in [0.1, 0.15) is 17.7 Å². The van der Waals surface area contributed by atoms with Crippen molar-refractivity contribution in [3.05, 3.63) is 50.4 Å². The Morgan fingerprint density at radius 2 is 2.00 bits per heavy atom. The minimum atomic E-state index is -0.749. The molecule has 1 aromatic heterocycles. The maximum Gasteiger partial charge on any atom is 0.254 e. The third kappa shape index (κ3) is 2.04. The van der Waals surface area contributed by atoms with Gasteiger partial charge >= 0.3 is 0 Å². The summed E-state index contributed by atoms with van der Waals surface area (Å²) in [5, 5.41) is -0.301. The van der Waals surface area contributed by atoms with Crippen LogP contribution in [0.2, 0.25) is 5.02 Å². The molecule has 0 fully saturated rings. The lowest BCUT2D eigenvalue weighted by atomic mass is 10.1. The van der Waals surface area contributed by atoms with Crippen molar-refractivity contribution in [1.82, 2.24) is 9.97 Å². The Labute approximate surface area is 112 Å². The van der Waals surface area contributed by atoms with E-state index >= 15 is 0 Å². The molecule has 0 atom stereocenters. The highest BCUT2D eigenvalue weighted by atomic mass is 35.5. The van der Waals surface area contributed by atoms with Crippen molar-refractivity contribution >= 4 is 11.6 Å². The van der Waals surface area contributed by atoms with Crippen LogP contribution >= 0.6 is 11.6 Å². The summed E-state index contributed by atoms with van der Waals surface area (Å²) in [6.45, 7) is 0. The van der Waals surface area contributed by atoms with E-state index in [0.29, 0.717) is 24.1 Å². The van der Waals surface area contributed by atoms with Crippen molar-refractivity contribution < 1.29 is 8.78 Å². The molecule has 1 N–H and O–H groups in total. The highest BCUT2D eigenvalue weighted by Gasteiger charge is 2.19. The molecule has 0 radical (unpaired) electrons. The lowest BCUT2D eigenvalue weighted by Crippen LogP contribution is -2.15. The Morgan fingerprint density at radius 1 is 1.21 bits per heavy atom. The van der Waals surface area contributed by atoms with E-state index in [1.54, 1.807) is 0 Å². The standard InChI is InChI=1S/C13H9ClF2N2O/c14-8-5-9(15)7(4-10(8)16)12-17-11-3-1-2-6(11)13(19)18-12/h4-5H,1-3H2,(H,17,18,19). The fourth-order valence-electron chi connectivity index (χ4n) is 2.27. The molecule has 6 heteroatoms. The van der Waals surface area contributed by atoms with Crippen molar-refractivity contribution in [3.63, 3.8) is 0 Å². The van der Waals surface area contributed by atoms with E-state index in [9.17, 15) is 13.6 Å². The van der Waals surface area contributed by atoms with E-state index in [0.717, 1.165) is 18.6 Å². The molecule has 3 nitrogen and oxygen atoms in total. The topological polar surface area (TPSA) is 45.8 Å². The maximum atomic E-state index is 13.8. The Kier molecular flexibility index (Phi) is 2.86. The van der Waals surface area contributed by atoms with E-state index in [1.165, 1.54) is 0 Å². The average molecular weight is 283 g/mol. The average Bonchev–Trinajstić information content (AvgIpc) is 2.82. The van der Waals surface area contributed by atoms with Crippen LogP contribution in [0.25, 0.3) is 11.4 Å². The first-order chi connectivity index (χ1) is 9.06. The number of hydrogen-bond acceptors (Lipinski definition) is 2. The van der Waals surface area contributed by atoms with Gasteiger partial charge in [-0.3, -0.25) is 4.79 Å². The maximum absolute atomic E-state index is 13.8. The number of aromatic nitrogens is 2. The van der Waals surface area contributed by atoms with Crippen LogP contribution in [-0.2, 0) is 12.8 Å². The lowest BCUT2D eigenvalue weighted by Gasteiger charge is -2.06. The molecule has 98 valence electrons. The fraction of sp³-hybridized carbons (Fsp3) is 0.231. The zero-order chi connectivity index (χ0) is 13.6. The number of fused-ring (bicyclic) bond motifs is 1. The molecule has 1 aliphatic rings. The van der Waals surface area contributed by atoms with Gasteiger partial charge in [0.25, 0.3) is 5.56 Å². The minimum Gasteiger partial charge on any atom is -0.306 e. The number of H-pyrrole nitrogens is 1. The molecule has 19 heavy (non-hydrogen) atoms. The Balaban J connectivity index is 2.21. The predicted molar refractivity (Wildman–Crippen MR) is 67.2 cm³/mol. The third-order valence-electron chi connectivity index (χ3n) is 3.21. The number of nitrogens with one attached hydrogen (secondary N) is 1. The van der Waals surface area contributed by atoms with E-state index in [2.05, 4.69) is 9.97 Å². The van der Waals surface area contributed by atoms with Crippen LogP contribution in [0.15, 0.2) is 16.9 Å². The second kappa shape index (κ2) is 4.42. The Morgan fingerprint density at radius 3 is 2.79 bits per heavy atom. The molecule has 1 heterocycles. The van der Waals surface area contributed by atoms with Crippen LogP contribution < -0.4 is 5.56 Å². The quantitative estimate of drug-likeness (QED) is 0.818. The second-order valence-corrected chi connectivity index (χ2v) is 4.85. The number of hydrogen-bond donors (Lipinski definition) is 1. The summed E-state index contributed by atoms with van der Waals surface area (Å²) in [6, 6.07) is 1.82. The van der Waals surface area contributed by atoms with Crippen molar-refractivity contribution in [1.29, 1.82) is 0 Å². The molecule has 1 aromatic carbocycles. The normalized spacial score (nSPS) is 13.6. The molecule has 0 saturated carbocycles. The molecule has 0 saturated heterocycles. The zero-order valence-electron chi connectivity index (χ0n) is 9.77. The summed E-state index contributed by atoms with van der Waals surface area (Å²) in [7, 11) is 0. The smallest absolute Gasteiger partial charge is 0.254 e. The SMILES string of the molecule is O=c1[nH]c(-c2cc(F)c(Cl)cc2F)nc2c1CCC2. The monoisotopic (exact) mass is 282 g/mol. The molecular formula is C13H9ClF2N2O. The van der Waals surface area contributed by atoms with Gasteiger partial charge < -0.3 is 4.98 Å². The summed E-state index contributed by atoms with van der Waals surface area (Å²) in [4.78, 5) is 18.5. The summed E-state index contributed by atoms with van der Waals surface area (Å²) in [6.07, 6.45) is 2.21. The number of aromatic amines is 1. The van der Waals surface area contributed by atoms with Gasteiger partial charge in [-0.05, 0) is 31.4 Å². The van der Waals surface area contributed by atoms with Gasteiger partial charge in [0.15, 0.2) is 0 Å². The van der Waals surface area contributed by atoms with Gasteiger partial charge in [0.05, 0.1) is 16.3 Å². The second-order valence-electron chi connectivity index (χ2n) is 4.44. The van der Waals surface area contributed by atoms with Crippen molar-refractivity contribution in [2.45, 2.75) is 19.3 Å². The van der Waals surface area contributed by atoms with Crippen LogP contribution in [0.4, 0.5) is 8.78 Å². The number of aryl methyl sites for hydroxylation is 1. The first-order valence-corrected chi connectivity index (χ1v) is 6.21. The number of benzene rings is 1. The van der Waals surface area contributed by atoms with Crippen LogP contribution in [0, 0.1) is 11.6 Å². The zero-order valence-corrected chi connectivity index (χ0v) is 10.5. The molecule has 0 spiro atoms. The van der Waals surface area contributed by atoms with Crippen molar-refractivity contribution in [2.24, 2.45) is 0 Å². The first-order valence-electron chi connectivity index (χ1n) is 5.83. The van der Waals surface area contributed by atoms with Crippen molar-refractivity contribution in [2.75, 3.05) is 0 Å². The largest absolute Gasteiger partial charge is 0.306 e. The number of nitrogens with zero attached hydrogens (tertiary/aromatic N) is 1. The van der Waals surface area contributed by atoms with Crippen LogP contribution in [-0.4, -0.2) is 9.97 Å². The van der Waals surface area contributed by atoms with Gasteiger partial charge in [-0.2, -0.15) is 0 Å². The minimum absolute atomic E-state index is 0.0405. The predicted octanol–water partition coefficient (Wildman–Crippen LogP) is 2.86. The number of rotatable bonds is 1. The Bertz CT molecular complexity index is 727. The van der Waals surface area contributed by atoms with Gasteiger partial charge in [-0.25, -0.2) is 13.8 Å². The van der Waals surface area contributed by atoms with Gasteiger partial charge in [0.2, 0.25) is 0 Å².